The Morgan fingerprint density at radius 3 is 1.79 bits per heavy atom. The van der Waals surface area contributed by atoms with Gasteiger partial charge < -0.3 is 31.9 Å². The highest BCUT2D eigenvalue weighted by atomic mass is 16.4. The minimum absolute atomic E-state index is 0.205. The topological polar surface area (TPSA) is 171 Å². The summed E-state index contributed by atoms with van der Waals surface area (Å²) < 4.78 is 0. The van der Waals surface area contributed by atoms with Crippen LogP contribution in [0.15, 0.2) is 0 Å². The molecule has 0 spiro atoms. The Morgan fingerprint density at radius 2 is 1.38 bits per heavy atom. The standard InChI is InChI=1S/C19H36N4O6/c1-7-10(4)14(19(28)29)22-18(27)15(12(6)24)23-16(25)11(5)21-17(26)13(20)8-9(2)3/h9-15,24H,7-8,20H2,1-6H3,(H,21,26)(H,22,27)(H,23,25)(H,28,29). The van der Waals surface area contributed by atoms with Gasteiger partial charge in [0.1, 0.15) is 18.1 Å². The van der Waals surface area contributed by atoms with Gasteiger partial charge in [-0.15, -0.1) is 0 Å². The van der Waals surface area contributed by atoms with Gasteiger partial charge in [0, 0.05) is 0 Å². The molecule has 10 nitrogen and oxygen atoms in total. The number of carbonyl (C=O) groups excluding carboxylic acids is 3. The molecule has 168 valence electrons. The predicted molar refractivity (Wildman–Crippen MR) is 108 cm³/mol. The maximum Gasteiger partial charge on any atom is 0.326 e. The highest BCUT2D eigenvalue weighted by Crippen LogP contribution is 2.09. The monoisotopic (exact) mass is 416 g/mol. The third-order valence-corrected chi connectivity index (χ3v) is 4.65. The fraction of sp³-hybridized carbons (Fsp3) is 0.789. The summed E-state index contributed by atoms with van der Waals surface area (Å²) in [4.78, 5) is 48.3. The summed E-state index contributed by atoms with van der Waals surface area (Å²) in [7, 11) is 0. The van der Waals surface area contributed by atoms with Gasteiger partial charge in [0.15, 0.2) is 0 Å². The van der Waals surface area contributed by atoms with Crippen molar-refractivity contribution in [2.75, 3.05) is 0 Å². The molecule has 3 amide bonds. The van der Waals surface area contributed by atoms with Crippen molar-refractivity contribution in [1.29, 1.82) is 0 Å². The first-order valence-corrected chi connectivity index (χ1v) is 9.89. The van der Waals surface area contributed by atoms with Crippen LogP contribution in [0.1, 0.15) is 54.4 Å². The lowest BCUT2D eigenvalue weighted by molar-refractivity contribution is -0.144. The van der Waals surface area contributed by atoms with Crippen LogP contribution in [-0.2, 0) is 19.2 Å². The second kappa shape index (κ2) is 12.4. The number of amides is 3. The Kier molecular flexibility index (Phi) is 11.4. The van der Waals surface area contributed by atoms with Crippen molar-refractivity contribution in [3.05, 3.63) is 0 Å². The first kappa shape index (κ1) is 26.8. The molecule has 0 rings (SSSR count). The van der Waals surface area contributed by atoms with Crippen LogP contribution >= 0.6 is 0 Å². The number of hydrogen-bond donors (Lipinski definition) is 6. The van der Waals surface area contributed by atoms with Crippen molar-refractivity contribution in [3.63, 3.8) is 0 Å². The minimum Gasteiger partial charge on any atom is -0.480 e. The fourth-order valence-electron chi connectivity index (χ4n) is 2.61. The number of aliphatic hydroxyl groups is 1. The molecule has 0 aromatic carbocycles. The zero-order chi connectivity index (χ0) is 22.9. The Bertz CT molecular complexity index is 581. The van der Waals surface area contributed by atoms with E-state index in [2.05, 4.69) is 16.0 Å². The first-order valence-electron chi connectivity index (χ1n) is 9.89. The van der Waals surface area contributed by atoms with E-state index in [-0.39, 0.29) is 11.8 Å². The van der Waals surface area contributed by atoms with E-state index in [0.29, 0.717) is 12.8 Å². The van der Waals surface area contributed by atoms with Crippen molar-refractivity contribution in [1.82, 2.24) is 16.0 Å². The lowest BCUT2D eigenvalue weighted by Crippen LogP contribution is -2.60. The first-order chi connectivity index (χ1) is 13.3. The molecular weight excluding hydrogens is 380 g/mol. The van der Waals surface area contributed by atoms with Crippen molar-refractivity contribution in [3.8, 4) is 0 Å². The predicted octanol–water partition coefficient (Wildman–Crippen LogP) is -0.654. The zero-order valence-electron chi connectivity index (χ0n) is 18.1. The molecule has 0 aliphatic carbocycles. The SMILES string of the molecule is CCC(C)C(NC(=O)C(NC(=O)C(C)NC(=O)C(N)CC(C)C)C(C)O)C(=O)O. The summed E-state index contributed by atoms with van der Waals surface area (Å²) in [6.45, 7) is 10.0. The van der Waals surface area contributed by atoms with Gasteiger partial charge in [-0.1, -0.05) is 34.1 Å². The average Bonchev–Trinajstić information content (AvgIpc) is 2.61. The van der Waals surface area contributed by atoms with E-state index in [1.54, 1.807) is 13.8 Å². The van der Waals surface area contributed by atoms with Crippen LogP contribution in [0.3, 0.4) is 0 Å². The largest absolute Gasteiger partial charge is 0.480 e. The lowest BCUT2D eigenvalue weighted by atomic mass is 9.98. The molecule has 0 aliphatic heterocycles. The number of aliphatic hydroxyl groups excluding tert-OH is 1. The Morgan fingerprint density at radius 1 is 0.862 bits per heavy atom. The molecule has 0 saturated heterocycles. The minimum atomic E-state index is -1.38. The number of hydrogen-bond acceptors (Lipinski definition) is 6. The van der Waals surface area contributed by atoms with Gasteiger partial charge in [0.25, 0.3) is 0 Å². The van der Waals surface area contributed by atoms with Gasteiger partial charge in [-0.25, -0.2) is 4.79 Å². The van der Waals surface area contributed by atoms with Crippen LogP contribution in [0, 0.1) is 11.8 Å². The summed E-state index contributed by atoms with van der Waals surface area (Å²) in [6.07, 6.45) is -0.315. The summed E-state index contributed by atoms with van der Waals surface area (Å²) in [5, 5.41) is 26.4. The van der Waals surface area contributed by atoms with E-state index in [9.17, 15) is 29.4 Å². The summed E-state index contributed by atoms with van der Waals surface area (Å²) >= 11 is 0. The molecule has 0 bridgehead atoms. The smallest absolute Gasteiger partial charge is 0.326 e. The number of carbonyl (C=O) groups is 4. The third-order valence-electron chi connectivity index (χ3n) is 4.65. The molecule has 7 N–H and O–H groups in total. The van der Waals surface area contributed by atoms with E-state index in [4.69, 9.17) is 5.73 Å². The summed E-state index contributed by atoms with van der Waals surface area (Å²) in [5.74, 6) is -3.37. The molecule has 0 aromatic rings. The average molecular weight is 417 g/mol. The van der Waals surface area contributed by atoms with Gasteiger partial charge in [0.2, 0.25) is 17.7 Å². The van der Waals surface area contributed by atoms with E-state index < -0.39 is 54.0 Å². The van der Waals surface area contributed by atoms with Gasteiger partial charge in [0.05, 0.1) is 12.1 Å². The van der Waals surface area contributed by atoms with Crippen LogP contribution in [0.25, 0.3) is 0 Å². The molecule has 6 atom stereocenters. The number of nitrogens with one attached hydrogen (secondary N) is 3. The quantitative estimate of drug-likeness (QED) is 0.245. The van der Waals surface area contributed by atoms with Crippen LogP contribution < -0.4 is 21.7 Å². The summed E-state index contributed by atoms with van der Waals surface area (Å²) in [6, 6.07) is -4.30. The van der Waals surface area contributed by atoms with Crippen LogP contribution in [0.2, 0.25) is 0 Å². The van der Waals surface area contributed by atoms with E-state index >= 15 is 0 Å². The van der Waals surface area contributed by atoms with Crippen LogP contribution in [0.4, 0.5) is 0 Å². The molecule has 0 heterocycles. The molecule has 0 saturated carbocycles. The Hall–Kier alpha value is -2.20. The molecule has 0 aromatic heterocycles. The van der Waals surface area contributed by atoms with Crippen molar-refractivity contribution in [2.45, 2.75) is 84.7 Å². The number of nitrogens with two attached hydrogens (primary N) is 1. The van der Waals surface area contributed by atoms with Crippen LogP contribution in [-0.4, -0.2) is 64.2 Å². The van der Waals surface area contributed by atoms with E-state index in [1.807, 2.05) is 13.8 Å². The van der Waals surface area contributed by atoms with E-state index in [0.717, 1.165) is 0 Å². The second-order valence-electron chi connectivity index (χ2n) is 7.90. The fourth-order valence-corrected chi connectivity index (χ4v) is 2.61. The Labute approximate surface area is 172 Å². The molecule has 6 unspecified atom stereocenters. The van der Waals surface area contributed by atoms with Gasteiger partial charge in [-0.3, -0.25) is 14.4 Å². The highest BCUT2D eigenvalue weighted by Gasteiger charge is 2.33. The van der Waals surface area contributed by atoms with Crippen molar-refractivity contribution in [2.24, 2.45) is 17.6 Å². The lowest BCUT2D eigenvalue weighted by Gasteiger charge is -2.27. The molecule has 29 heavy (non-hydrogen) atoms. The maximum absolute atomic E-state index is 12.5. The molecule has 0 aliphatic rings. The Balaban J connectivity index is 5.05. The van der Waals surface area contributed by atoms with Crippen LogP contribution in [0.5, 0.6) is 0 Å². The van der Waals surface area contributed by atoms with E-state index in [1.165, 1.54) is 13.8 Å². The van der Waals surface area contributed by atoms with Crippen molar-refractivity contribution >= 4 is 23.7 Å². The van der Waals surface area contributed by atoms with Crippen molar-refractivity contribution < 1.29 is 29.4 Å². The van der Waals surface area contributed by atoms with Gasteiger partial charge in [-0.2, -0.15) is 0 Å². The molecular formula is C19H36N4O6. The van der Waals surface area contributed by atoms with Gasteiger partial charge in [-0.05, 0) is 32.1 Å². The molecule has 10 heteroatoms. The number of rotatable bonds is 12. The summed E-state index contributed by atoms with van der Waals surface area (Å²) in [5.41, 5.74) is 5.79. The zero-order valence-corrected chi connectivity index (χ0v) is 18.1. The van der Waals surface area contributed by atoms with Gasteiger partial charge >= 0.3 is 5.97 Å². The number of carboxylic acid groups (broad SMARTS) is 1. The third kappa shape index (κ3) is 9.23. The molecule has 0 fully saturated rings. The second-order valence-corrected chi connectivity index (χ2v) is 7.90. The molecule has 0 radical (unpaired) electrons. The highest BCUT2D eigenvalue weighted by molar-refractivity contribution is 5.94. The number of aliphatic carboxylic acids is 1. The normalized spacial score (nSPS) is 17.4. The maximum atomic E-state index is 12.5. The number of carboxylic acids is 1.